The van der Waals surface area contributed by atoms with Crippen molar-refractivity contribution in [3.8, 4) is 0 Å². The number of hydrogen-bond donors (Lipinski definition) is 0. The summed E-state index contributed by atoms with van der Waals surface area (Å²) < 4.78 is 9.66. The largest absolute Gasteiger partial charge is 0.465 e. The fraction of sp³-hybridized carbons (Fsp3) is 0.263. The van der Waals surface area contributed by atoms with Gasteiger partial charge in [0.2, 0.25) is 0 Å². The highest BCUT2D eigenvalue weighted by Crippen LogP contribution is 2.18. The molecule has 0 saturated carbocycles. The van der Waals surface area contributed by atoms with Crippen molar-refractivity contribution < 1.29 is 19.1 Å². The van der Waals surface area contributed by atoms with Gasteiger partial charge < -0.3 is 9.47 Å². The Hall–Kier alpha value is -2.62. The molecule has 0 radical (unpaired) electrons. The highest BCUT2D eigenvalue weighted by Gasteiger charge is 2.10. The Labute approximate surface area is 136 Å². The Bertz CT molecular complexity index is 719. The summed E-state index contributed by atoms with van der Waals surface area (Å²) in [6.07, 6.45) is 0.693. The van der Waals surface area contributed by atoms with Crippen molar-refractivity contribution in [1.82, 2.24) is 0 Å². The number of hydrogen-bond acceptors (Lipinski definition) is 4. The lowest BCUT2D eigenvalue weighted by atomic mass is 9.97. The Morgan fingerprint density at radius 2 is 1.70 bits per heavy atom. The quantitative estimate of drug-likeness (QED) is 0.606. The van der Waals surface area contributed by atoms with E-state index in [1.807, 2.05) is 50.2 Å². The standard InChI is InChI=1S/C19H20O4/c1-13-4-6-15(9-17(13)11-23-12-20)8-16-7-5-14(2)18(10-16)19(21)22-3/h4-7,9-10,12H,8,11H2,1-3H3. The maximum Gasteiger partial charge on any atom is 0.338 e. The van der Waals surface area contributed by atoms with Crippen LogP contribution in [0.3, 0.4) is 0 Å². The minimum absolute atomic E-state index is 0.268. The van der Waals surface area contributed by atoms with Crippen LogP contribution in [0.5, 0.6) is 0 Å². The second-order valence-corrected chi connectivity index (χ2v) is 5.49. The van der Waals surface area contributed by atoms with Gasteiger partial charge in [-0.3, -0.25) is 4.79 Å². The molecular formula is C19H20O4. The molecule has 120 valence electrons. The summed E-state index contributed by atoms with van der Waals surface area (Å²) in [5.41, 5.74) is 5.66. The van der Waals surface area contributed by atoms with Gasteiger partial charge in [0.15, 0.2) is 0 Å². The van der Waals surface area contributed by atoms with E-state index in [9.17, 15) is 9.59 Å². The third-order valence-electron chi connectivity index (χ3n) is 3.84. The molecule has 0 atom stereocenters. The van der Waals surface area contributed by atoms with Crippen molar-refractivity contribution in [1.29, 1.82) is 0 Å². The van der Waals surface area contributed by atoms with Gasteiger partial charge in [-0.2, -0.15) is 0 Å². The van der Waals surface area contributed by atoms with Crippen molar-refractivity contribution in [2.45, 2.75) is 26.9 Å². The average Bonchev–Trinajstić information content (AvgIpc) is 2.56. The summed E-state index contributed by atoms with van der Waals surface area (Å²) in [4.78, 5) is 22.1. The van der Waals surface area contributed by atoms with Crippen LogP contribution in [0.15, 0.2) is 36.4 Å². The number of benzene rings is 2. The summed E-state index contributed by atoms with van der Waals surface area (Å²) in [6.45, 7) is 4.59. The van der Waals surface area contributed by atoms with Gasteiger partial charge >= 0.3 is 5.97 Å². The molecule has 0 amide bonds. The zero-order valence-corrected chi connectivity index (χ0v) is 13.6. The molecule has 0 heterocycles. The first kappa shape index (κ1) is 16.7. The molecule has 0 N–H and O–H groups in total. The summed E-state index contributed by atoms with van der Waals surface area (Å²) >= 11 is 0. The van der Waals surface area contributed by atoms with E-state index in [2.05, 4.69) is 0 Å². The number of esters is 1. The van der Waals surface area contributed by atoms with E-state index in [0.717, 1.165) is 27.8 Å². The highest BCUT2D eigenvalue weighted by atomic mass is 16.5. The lowest BCUT2D eigenvalue weighted by Gasteiger charge is -2.10. The van der Waals surface area contributed by atoms with Crippen LogP contribution in [0, 0.1) is 13.8 Å². The van der Waals surface area contributed by atoms with E-state index < -0.39 is 0 Å². The van der Waals surface area contributed by atoms with E-state index in [0.29, 0.717) is 18.5 Å². The monoisotopic (exact) mass is 312 g/mol. The summed E-state index contributed by atoms with van der Waals surface area (Å²) in [7, 11) is 1.38. The number of ether oxygens (including phenoxy) is 2. The van der Waals surface area contributed by atoms with E-state index in [-0.39, 0.29) is 12.6 Å². The van der Waals surface area contributed by atoms with Crippen molar-refractivity contribution >= 4 is 12.4 Å². The Balaban J connectivity index is 2.25. The minimum atomic E-state index is -0.326. The molecule has 4 nitrogen and oxygen atoms in total. The second-order valence-electron chi connectivity index (χ2n) is 5.49. The van der Waals surface area contributed by atoms with Crippen LogP contribution in [0.25, 0.3) is 0 Å². The summed E-state index contributed by atoms with van der Waals surface area (Å²) in [6, 6.07) is 11.9. The highest BCUT2D eigenvalue weighted by molar-refractivity contribution is 5.91. The molecule has 2 rings (SSSR count). The van der Waals surface area contributed by atoms with Crippen molar-refractivity contribution in [3.05, 3.63) is 69.8 Å². The van der Waals surface area contributed by atoms with Crippen LogP contribution in [0.1, 0.15) is 38.2 Å². The summed E-state index contributed by atoms with van der Waals surface area (Å²) in [5.74, 6) is -0.326. The maximum absolute atomic E-state index is 11.8. The zero-order valence-electron chi connectivity index (χ0n) is 13.6. The predicted molar refractivity (Wildman–Crippen MR) is 87.4 cm³/mol. The Kier molecular flexibility index (Phi) is 5.52. The SMILES string of the molecule is COC(=O)c1cc(Cc2ccc(C)c(COC=O)c2)ccc1C. The molecule has 4 heteroatoms. The van der Waals surface area contributed by atoms with E-state index in [4.69, 9.17) is 9.47 Å². The average molecular weight is 312 g/mol. The number of methoxy groups -OCH3 is 1. The van der Waals surface area contributed by atoms with Gasteiger partial charge in [0, 0.05) is 0 Å². The molecule has 0 aromatic heterocycles. The van der Waals surface area contributed by atoms with Crippen molar-refractivity contribution in [3.63, 3.8) is 0 Å². The Morgan fingerprint density at radius 1 is 1.04 bits per heavy atom. The molecule has 0 fully saturated rings. The normalized spacial score (nSPS) is 10.2. The first-order valence-corrected chi connectivity index (χ1v) is 7.36. The fourth-order valence-corrected chi connectivity index (χ4v) is 2.46. The molecule has 0 aliphatic rings. The van der Waals surface area contributed by atoms with Crippen LogP contribution in [0.4, 0.5) is 0 Å². The number of carbonyl (C=O) groups excluding carboxylic acids is 2. The lowest BCUT2D eigenvalue weighted by Crippen LogP contribution is -2.05. The fourth-order valence-electron chi connectivity index (χ4n) is 2.46. The molecule has 0 unspecified atom stereocenters. The smallest absolute Gasteiger partial charge is 0.338 e. The van der Waals surface area contributed by atoms with Gasteiger partial charge in [-0.15, -0.1) is 0 Å². The zero-order chi connectivity index (χ0) is 16.8. The molecular weight excluding hydrogens is 292 g/mol. The Morgan fingerprint density at radius 3 is 2.35 bits per heavy atom. The molecule has 2 aromatic rings. The van der Waals surface area contributed by atoms with Gasteiger partial charge in [0.1, 0.15) is 6.61 Å². The van der Waals surface area contributed by atoms with Crippen LogP contribution >= 0.6 is 0 Å². The van der Waals surface area contributed by atoms with Gasteiger partial charge in [-0.25, -0.2) is 4.79 Å². The predicted octanol–water partition coefficient (Wildman–Crippen LogP) is 3.35. The molecule has 0 bridgehead atoms. The molecule has 0 saturated heterocycles. The second kappa shape index (κ2) is 7.58. The molecule has 0 aliphatic carbocycles. The van der Waals surface area contributed by atoms with E-state index in [1.54, 1.807) is 0 Å². The first-order valence-electron chi connectivity index (χ1n) is 7.36. The maximum atomic E-state index is 11.8. The third-order valence-corrected chi connectivity index (χ3v) is 3.84. The van der Waals surface area contributed by atoms with Gasteiger partial charge in [0.25, 0.3) is 6.47 Å². The topological polar surface area (TPSA) is 52.6 Å². The number of rotatable bonds is 6. The molecule has 23 heavy (non-hydrogen) atoms. The minimum Gasteiger partial charge on any atom is -0.465 e. The molecule has 0 aliphatic heterocycles. The third kappa shape index (κ3) is 4.19. The lowest BCUT2D eigenvalue weighted by molar-refractivity contribution is -0.129. The van der Waals surface area contributed by atoms with E-state index in [1.165, 1.54) is 7.11 Å². The van der Waals surface area contributed by atoms with Crippen LogP contribution in [-0.2, 0) is 27.3 Å². The number of carbonyl (C=O) groups is 2. The van der Waals surface area contributed by atoms with Gasteiger partial charge in [-0.05, 0) is 54.2 Å². The van der Waals surface area contributed by atoms with Crippen molar-refractivity contribution in [2.24, 2.45) is 0 Å². The van der Waals surface area contributed by atoms with Gasteiger partial charge in [-0.1, -0.05) is 30.3 Å². The van der Waals surface area contributed by atoms with Gasteiger partial charge in [0.05, 0.1) is 12.7 Å². The first-order chi connectivity index (χ1) is 11.0. The summed E-state index contributed by atoms with van der Waals surface area (Å²) in [5, 5.41) is 0. The van der Waals surface area contributed by atoms with Crippen molar-refractivity contribution in [2.75, 3.05) is 7.11 Å². The van der Waals surface area contributed by atoms with Crippen LogP contribution in [0.2, 0.25) is 0 Å². The molecule has 0 spiro atoms. The van der Waals surface area contributed by atoms with Crippen LogP contribution in [-0.4, -0.2) is 19.6 Å². The van der Waals surface area contributed by atoms with E-state index >= 15 is 0 Å². The number of aryl methyl sites for hydroxylation is 2. The molecule has 2 aromatic carbocycles. The van der Waals surface area contributed by atoms with Crippen LogP contribution < -0.4 is 0 Å².